The van der Waals surface area contributed by atoms with E-state index in [0.29, 0.717) is 6.61 Å². The van der Waals surface area contributed by atoms with Crippen molar-refractivity contribution in [3.63, 3.8) is 0 Å². The van der Waals surface area contributed by atoms with E-state index in [4.69, 9.17) is 5.90 Å². The summed E-state index contributed by atoms with van der Waals surface area (Å²) in [7, 11) is 0. The van der Waals surface area contributed by atoms with Crippen molar-refractivity contribution in [2.75, 3.05) is 6.61 Å². The molecule has 0 aliphatic heterocycles. The number of hydrogen-bond donors (Lipinski definition) is 1. The van der Waals surface area contributed by atoms with Crippen molar-refractivity contribution in [2.45, 2.75) is 19.3 Å². The Morgan fingerprint density at radius 1 is 1.40 bits per heavy atom. The van der Waals surface area contributed by atoms with Crippen molar-refractivity contribution in [1.29, 1.82) is 0 Å². The van der Waals surface area contributed by atoms with Gasteiger partial charge in [0, 0.05) is 17.5 Å². The van der Waals surface area contributed by atoms with Crippen LogP contribution in [0.2, 0.25) is 0 Å². The summed E-state index contributed by atoms with van der Waals surface area (Å²) in [5.41, 5.74) is 0.797. The van der Waals surface area contributed by atoms with Crippen LogP contribution in [0.15, 0.2) is 24.3 Å². The standard InChI is InChI=1S/C10H14N2O3/c1-10(2,7-15-11)8-3-5-9(6-4-8)12(13)14/h3-6H,7,11H2,1-2H3. The van der Waals surface area contributed by atoms with Crippen LogP contribution >= 0.6 is 0 Å². The maximum absolute atomic E-state index is 10.4. The van der Waals surface area contributed by atoms with Gasteiger partial charge in [0.2, 0.25) is 0 Å². The van der Waals surface area contributed by atoms with E-state index in [-0.39, 0.29) is 11.1 Å². The maximum Gasteiger partial charge on any atom is 0.269 e. The molecule has 1 aromatic carbocycles. The average Bonchev–Trinajstić information content (AvgIpc) is 2.18. The van der Waals surface area contributed by atoms with Gasteiger partial charge in [0.05, 0.1) is 11.5 Å². The summed E-state index contributed by atoms with van der Waals surface area (Å²) in [5, 5.41) is 10.4. The van der Waals surface area contributed by atoms with Crippen molar-refractivity contribution >= 4 is 5.69 Å². The first-order valence-electron chi connectivity index (χ1n) is 4.54. The summed E-state index contributed by atoms with van der Waals surface area (Å²) < 4.78 is 0. The third-order valence-corrected chi connectivity index (χ3v) is 2.30. The van der Waals surface area contributed by atoms with E-state index in [1.165, 1.54) is 12.1 Å². The van der Waals surface area contributed by atoms with Crippen LogP contribution in [0.5, 0.6) is 0 Å². The molecule has 0 aliphatic rings. The molecule has 0 saturated heterocycles. The van der Waals surface area contributed by atoms with Crippen LogP contribution in [-0.2, 0) is 10.3 Å². The molecule has 0 radical (unpaired) electrons. The molecule has 0 spiro atoms. The largest absolute Gasteiger partial charge is 0.304 e. The zero-order valence-corrected chi connectivity index (χ0v) is 8.77. The zero-order valence-electron chi connectivity index (χ0n) is 8.77. The van der Waals surface area contributed by atoms with Crippen LogP contribution in [0.1, 0.15) is 19.4 Å². The number of benzene rings is 1. The number of nitrogens with zero attached hydrogens (tertiary/aromatic N) is 1. The molecule has 0 aliphatic carbocycles. The lowest BCUT2D eigenvalue weighted by atomic mass is 9.85. The fraction of sp³-hybridized carbons (Fsp3) is 0.400. The Balaban J connectivity index is 2.93. The highest BCUT2D eigenvalue weighted by Gasteiger charge is 2.21. The van der Waals surface area contributed by atoms with Gasteiger partial charge in [-0.05, 0) is 5.56 Å². The van der Waals surface area contributed by atoms with Crippen molar-refractivity contribution < 1.29 is 9.76 Å². The molecule has 0 unspecified atom stereocenters. The Bertz CT molecular complexity index is 346. The number of rotatable bonds is 4. The van der Waals surface area contributed by atoms with E-state index < -0.39 is 4.92 Å². The summed E-state index contributed by atoms with van der Waals surface area (Å²) in [4.78, 5) is 14.6. The fourth-order valence-corrected chi connectivity index (χ4v) is 1.33. The smallest absolute Gasteiger partial charge is 0.269 e. The lowest BCUT2D eigenvalue weighted by molar-refractivity contribution is -0.384. The Morgan fingerprint density at radius 3 is 2.33 bits per heavy atom. The highest BCUT2D eigenvalue weighted by atomic mass is 16.6. The van der Waals surface area contributed by atoms with Crippen molar-refractivity contribution in [2.24, 2.45) is 5.90 Å². The van der Waals surface area contributed by atoms with Gasteiger partial charge < -0.3 is 4.84 Å². The minimum absolute atomic E-state index is 0.0863. The molecule has 0 saturated carbocycles. The molecule has 1 aromatic rings. The van der Waals surface area contributed by atoms with Crippen LogP contribution in [0.25, 0.3) is 0 Å². The molecule has 82 valence electrons. The quantitative estimate of drug-likeness (QED) is 0.606. The van der Waals surface area contributed by atoms with Crippen LogP contribution in [0.4, 0.5) is 5.69 Å². The Morgan fingerprint density at radius 2 is 1.93 bits per heavy atom. The molecule has 0 heterocycles. The second-order valence-electron chi connectivity index (χ2n) is 4.00. The second kappa shape index (κ2) is 4.37. The van der Waals surface area contributed by atoms with Gasteiger partial charge in [0.25, 0.3) is 5.69 Å². The minimum Gasteiger partial charge on any atom is -0.304 e. The molecule has 15 heavy (non-hydrogen) atoms. The molecule has 0 bridgehead atoms. The molecule has 0 aromatic heterocycles. The summed E-state index contributed by atoms with van der Waals surface area (Å²) in [6.07, 6.45) is 0. The highest BCUT2D eigenvalue weighted by Crippen LogP contribution is 2.24. The molecular weight excluding hydrogens is 196 g/mol. The van der Waals surface area contributed by atoms with Crippen LogP contribution < -0.4 is 5.90 Å². The summed E-state index contributed by atoms with van der Waals surface area (Å²) in [6, 6.07) is 6.40. The summed E-state index contributed by atoms with van der Waals surface area (Å²) in [5.74, 6) is 5.02. The number of hydrogen-bond acceptors (Lipinski definition) is 4. The maximum atomic E-state index is 10.4. The van der Waals surface area contributed by atoms with E-state index in [0.717, 1.165) is 5.56 Å². The van der Waals surface area contributed by atoms with Gasteiger partial charge in [-0.2, -0.15) is 0 Å². The molecule has 5 nitrogen and oxygen atoms in total. The first-order chi connectivity index (χ1) is 6.97. The second-order valence-corrected chi connectivity index (χ2v) is 4.00. The Hall–Kier alpha value is -1.46. The number of nitro groups is 1. The van der Waals surface area contributed by atoms with Gasteiger partial charge in [-0.15, -0.1) is 0 Å². The predicted octanol–water partition coefficient (Wildman–Crippen LogP) is 1.76. The van der Waals surface area contributed by atoms with Crippen LogP contribution in [0.3, 0.4) is 0 Å². The normalized spacial score (nSPS) is 11.4. The van der Waals surface area contributed by atoms with Crippen molar-refractivity contribution in [3.05, 3.63) is 39.9 Å². The SMILES string of the molecule is CC(C)(CON)c1ccc([N+](=O)[O-])cc1. The lowest BCUT2D eigenvalue weighted by Crippen LogP contribution is -2.26. The summed E-state index contributed by atoms with van der Waals surface area (Å²) >= 11 is 0. The number of nitrogens with two attached hydrogens (primary N) is 1. The monoisotopic (exact) mass is 210 g/mol. The third-order valence-electron chi connectivity index (χ3n) is 2.30. The molecular formula is C10H14N2O3. The molecule has 0 amide bonds. The highest BCUT2D eigenvalue weighted by molar-refractivity contribution is 5.35. The van der Waals surface area contributed by atoms with E-state index >= 15 is 0 Å². The van der Waals surface area contributed by atoms with E-state index in [9.17, 15) is 10.1 Å². The van der Waals surface area contributed by atoms with Gasteiger partial charge in [0.15, 0.2) is 0 Å². The summed E-state index contributed by atoms with van der Waals surface area (Å²) in [6.45, 7) is 4.28. The Labute approximate surface area is 88.0 Å². The fourth-order valence-electron chi connectivity index (χ4n) is 1.33. The number of non-ortho nitro benzene ring substituents is 1. The molecule has 5 heteroatoms. The van der Waals surface area contributed by atoms with Crippen molar-refractivity contribution in [3.8, 4) is 0 Å². The van der Waals surface area contributed by atoms with Gasteiger partial charge >= 0.3 is 0 Å². The molecule has 0 atom stereocenters. The van der Waals surface area contributed by atoms with Gasteiger partial charge in [0.1, 0.15) is 0 Å². The van der Waals surface area contributed by atoms with E-state index in [1.54, 1.807) is 12.1 Å². The Kier molecular flexibility index (Phi) is 3.39. The van der Waals surface area contributed by atoms with Crippen LogP contribution in [0, 0.1) is 10.1 Å². The van der Waals surface area contributed by atoms with Crippen molar-refractivity contribution in [1.82, 2.24) is 0 Å². The third kappa shape index (κ3) is 2.74. The first kappa shape index (κ1) is 11.6. The first-order valence-corrected chi connectivity index (χ1v) is 4.54. The van der Waals surface area contributed by atoms with Gasteiger partial charge in [-0.1, -0.05) is 26.0 Å². The van der Waals surface area contributed by atoms with Crippen LogP contribution in [-0.4, -0.2) is 11.5 Å². The van der Waals surface area contributed by atoms with E-state index in [1.807, 2.05) is 13.8 Å². The van der Waals surface area contributed by atoms with Gasteiger partial charge in [-0.3, -0.25) is 10.1 Å². The number of nitro benzene ring substituents is 1. The molecule has 0 fully saturated rings. The topological polar surface area (TPSA) is 78.4 Å². The zero-order chi connectivity index (χ0) is 11.5. The predicted molar refractivity (Wildman–Crippen MR) is 56.3 cm³/mol. The minimum atomic E-state index is -0.420. The lowest BCUT2D eigenvalue weighted by Gasteiger charge is -2.23. The van der Waals surface area contributed by atoms with E-state index in [2.05, 4.69) is 4.84 Å². The molecule has 2 N–H and O–H groups in total. The molecule has 1 rings (SSSR count). The van der Waals surface area contributed by atoms with Gasteiger partial charge in [-0.25, -0.2) is 5.90 Å². The average molecular weight is 210 g/mol.